The Morgan fingerprint density at radius 3 is 2.24 bits per heavy atom. The topological polar surface area (TPSA) is 112 Å². The van der Waals surface area contributed by atoms with Gasteiger partial charge in [0.2, 0.25) is 5.62 Å². The third kappa shape index (κ3) is 5.37. The van der Waals surface area contributed by atoms with E-state index in [1.54, 1.807) is 4.68 Å². The molecule has 2 fully saturated rings. The second-order valence-electron chi connectivity index (χ2n) is 10.9. The number of hydrogen-bond acceptors (Lipinski definition) is 8. The molecule has 0 aliphatic carbocycles. The van der Waals surface area contributed by atoms with E-state index in [0.717, 1.165) is 43.5 Å². The van der Waals surface area contributed by atoms with Gasteiger partial charge in [-0.2, -0.15) is 4.98 Å². The lowest BCUT2D eigenvalue weighted by Crippen LogP contribution is -2.58. The Kier molecular flexibility index (Phi) is 7.82. The first-order valence-corrected chi connectivity index (χ1v) is 14.7. The van der Waals surface area contributed by atoms with Crippen LogP contribution < -0.4 is 10.5 Å². The van der Waals surface area contributed by atoms with Gasteiger partial charge < -0.3 is 9.64 Å². The number of nitrogens with zero attached hydrogens (tertiary/aromatic N) is 7. The van der Waals surface area contributed by atoms with Gasteiger partial charge in [-0.3, -0.25) is 20.3 Å². The van der Waals surface area contributed by atoms with Crippen LogP contribution >= 0.6 is 23.2 Å². The van der Waals surface area contributed by atoms with Gasteiger partial charge in [0.1, 0.15) is 0 Å². The molecule has 214 valence electrons. The van der Waals surface area contributed by atoms with E-state index < -0.39 is 0 Å². The van der Waals surface area contributed by atoms with E-state index in [2.05, 4.69) is 63.2 Å². The predicted octanol–water partition coefficient (Wildman–Crippen LogP) is 4.74. The Bertz CT molecular complexity index is 1550. The Morgan fingerprint density at radius 1 is 1.00 bits per heavy atom. The van der Waals surface area contributed by atoms with Gasteiger partial charge in [-0.1, -0.05) is 52.7 Å². The molecule has 6 rings (SSSR count). The van der Waals surface area contributed by atoms with Gasteiger partial charge in [-0.05, 0) is 62.1 Å². The summed E-state index contributed by atoms with van der Waals surface area (Å²) in [6.45, 7) is 7.07. The predicted molar refractivity (Wildman–Crippen MR) is 160 cm³/mol. The molecule has 4 aromatic rings. The molecule has 2 aromatic carbocycles. The van der Waals surface area contributed by atoms with Crippen LogP contribution in [0.3, 0.4) is 0 Å². The van der Waals surface area contributed by atoms with Crippen molar-refractivity contribution in [3.63, 3.8) is 0 Å². The van der Waals surface area contributed by atoms with Crippen molar-refractivity contribution >= 4 is 46.5 Å². The fourth-order valence-corrected chi connectivity index (χ4v) is 6.35. The third-order valence-electron chi connectivity index (χ3n) is 8.13. The monoisotopic (exact) mass is 593 g/mol. The smallest absolute Gasteiger partial charge is 0.231 e. The lowest BCUT2D eigenvalue weighted by molar-refractivity contribution is 0.0943. The molecule has 2 aromatic heterocycles. The molecule has 2 aliphatic rings. The minimum atomic E-state index is -0.0270. The first-order valence-electron chi connectivity index (χ1n) is 13.9. The summed E-state index contributed by atoms with van der Waals surface area (Å²) in [5.74, 6) is 0.621. The van der Waals surface area contributed by atoms with E-state index in [-0.39, 0.29) is 29.8 Å². The molecular formula is C29H33Cl2N9O. The quantitative estimate of drug-likeness (QED) is 0.236. The lowest BCUT2D eigenvalue weighted by atomic mass is 9.93. The summed E-state index contributed by atoms with van der Waals surface area (Å²) in [5, 5.41) is 27.0. The van der Waals surface area contributed by atoms with Crippen LogP contribution in [-0.2, 0) is 11.3 Å². The van der Waals surface area contributed by atoms with E-state index in [0.29, 0.717) is 40.1 Å². The standard InChI is InChI=1S/C29H33Cl2N9O/c1-18-15-38(27-25-28(39(17-32)29(33)34-27)40(36-35-25)16-24-4-3-13-41-24)19(2)14-37(18)26(20-5-9-22(30)10-6-20)21-7-11-23(31)12-8-21/h5-12,17-19,24,26,32-33H,3-4,13-16H2,1-2H3/t18-,19+,24-/m1/s1. The summed E-state index contributed by atoms with van der Waals surface area (Å²) in [7, 11) is 0. The third-order valence-corrected chi connectivity index (χ3v) is 8.63. The Hall–Kier alpha value is -3.31. The van der Waals surface area contributed by atoms with Gasteiger partial charge in [0.25, 0.3) is 0 Å². The average Bonchev–Trinajstić information content (AvgIpc) is 3.63. The van der Waals surface area contributed by atoms with Crippen molar-refractivity contribution in [2.45, 2.75) is 57.5 Å². The normalized spacial score (nSPS) is 21.7. The number of piperazine rings is 1. The second-order valence-corrected chi connectivity index (χ2v) is 11.8. The minimum Gasteiger partial charge on any atom is -0.376 e. The van der Waals surface area contributed by atoms with E-state index in [4.69, 9.17) is 38.8 Å². The number of nitrogens with one attached hydrogen (secondary N) is 2. The summed E-state index contributed by atoms with van der Waals surface area (Å²) < 4.78 is 9.01. The van der Waals surface area contributed by atoms with E-state index in [9.17, 15) is 0 Å². The van der Waals surface area contributed by atoms with Crippen LogP contribution in [-0.4, -0.2) is 73.7 Å². The summed E-state index contributed by atoms with van der Waals surface area (Å²) in [5.41, 5.74) is 3.46. The molecule has 2 saturated heterocycles. The fourth-order valence-electron chi connectivity index (χ4n) is 6.10. The zero-order valence-electron chi connectivity index (χ0n) is 23.0. The number of ether oxygens (including phenoxy) is 1. The Balaban J connectivity index is 1.36. The number of fused-ring (bicyclic) bond motifs is 1. The van der Waals surface area contributed by atoms with E-state index >= 15 is 0 Å². The van der Waals surface area contributed by atoms with Crippen molar-refractivity contribution in [2.75, 3.05) is 24.6 Å². The highest BCUT2D eigenvalue weighted by Crippen LogP contribution is 2.36. The highest BCUT2D eigenvalue weighted by molar-refractivity contribution is 6.30. The molecule has 41 heavy (non-hydrogen) atoms. The summed E-state index contributed by atoms with van der Waals surface area (Å²) in [6, 6.07) is 16.3. The van der Waals surface area contributed by atoms with Gasteiger partial charge in [-0.25, -0.2) is 4.68 Å². The van der Waals surface area contributed by atoms with Gasteiger partial charge in [-0.15, -0.1) is 5.10 Å². The maximum atomic E-state index is 8.66. The highest BCUT2D eigenvalue weighted by atomic mass is 35.5. The first-order chi connectivity index (χ1) is 19.8. The fraction of sp³-hybridized carbons (Fsp3) is 0.414. The van der Waals surface area contributed by atoms with Crippen LogP contribution in [0.1, 0.15) is 43.9 Å². The summed E-state index contributed by atoms with van der Waals surface area (Å²) in [4.78, 5) is 9.37. The first kappa shape index (κ1) is 27.8. The number of anilines is 1. The van der Waals surface area contributed by atoms with Crippen molar-refractivity contribution in [1.29, 1.82) is 10.8 Å². The minimum absolute atomic E-state index is 0.00646. The molecule has 0 bridgehead atoms. The second kappa shape index (κ2) is 11.5. The number of hydrogen-bond donors (Lipinski definition) is 2. The van der Waals surface area contributed by atoms with Crippen LogP contribution in [0.5, 0.6) is 0 Å². The molecule has 2 N–H and O–H groups in total. The SMILES string of the molecule is C[C@@H]1CN(c2nc(=N)n(C=N)c3c2nnn3C[C@H]2CCCO2)[C@@H](C)CN1C(c1ccc(Cl)cc1)c1ccc(Cl)cc1. The molecule has 0 amide bonds. The number of aromatic nitrogens is 5. The van der Waals surface area contributed by atoms with E-state index in [1.165, 1.54) is 4.57 Å². The van der Waals surface area contributed by atoms with Crippen LogP contribution in [0.2, 0.25) is 10.0 Å². The number of halogens is 2. The molecule has 10 nitrogen and oxygen atoms in total. The zero-order valence-corrected chi connectivity index (χ0v) is 24.6. The molecule has 0 saturated carbocycles. The van der Waals surface area contributed by atoms with Crippen molar-refractivity contribution in [3.8, 4) is 0 Å². The van der Waals surface area contributed by atoms with E-state index in [1.807, 2.05) is 24.3 Å². The van der Waals surface area contributed by atoms with Crippen molar-refractivity contribution in [1.82, 2.24) is 29.4 Å². The maximum absolute atomic E-state index is 8.66. The summed E-state index contributed by atoms with van der Waals surface area (Å²) >= 11 is 12.5. The van der Waals surface area contributed by atoms with Crippen LogP contribution in [0.25, 0.3) is 11.2 Å². The maximum Gasteiger partial charge on any atom is 0.231 e. The molecule has 2 aliphatic heterocycles. The molecule has 3 atom stereocenters. The highest BCUT2D eigenvalue weighted by Gasteiger charge is 2.37. The Labute approximate surface area is 248 Å². The van der Waals surface area contributed by atoms with Crippen molar-refractivity contribution in [3.05, 3.63) is 75.3 Å². The molecular weight excluding hydrogens is 561 g/mol. The van der Waals surface area contributed by atoms with Crippen LogP contribution in [0, 0.1) is 10.8 Å². The number of rotatable bonds is 7. The Morgan fingerprint density at radius 2 is 1.66 bits per heavy atom. The van der Waals surface area contributed by atoms with Gasteiger partial charge in [0.05, 0.1) is 25.0 Å². The van der Waals surface area contributed by atoms with Crippen LogP contribution in [0.15, 0.2) is 48.5 Å². The molecule has 0 radical (unpaired) electrons. The largest absolute Gasteiger partial charge is 0.376 e. The lowest BCUT2D eigenvalue weighted by Gasteiger charge is -2.48. The van der Waals surface area contributed by atoms with Gasteiger partial charge in [0.15, 0.2) is 17.0 Å². The number of benzene rings is 2. The van der Waals surface area contributed by atoms with Gasteiger partial charge >= 0.3 is 0 Å². The van der Waals surface area contributed by atoms with Crippen LogP contribution in [0.4, 0.5) is 5.82 Å². The molecule has 0 unspecified atom stereocenters. The van der Waals surface area contributed by atoms with Crippen molar-refractivity contribution < 1.29 is 4.74 Å². The van der Waals surface area contributed by atoms with Gasteiger partial charge in [0, 0.05) is 41.8 Å². The summed E-state index contributed by atoms with van der Waals surface area (Å²) in [6.07, 6.45) is 3.12. The van der Waals surface area contributed by atoms with Crippen molar-refractivity contribution in [2.24, 2.45) is 0 Å². The molecule has 0 spiro atoms. The average molecular weight is 595 g/mol. The molecule has 12 heteroatoms. The zero-order chi connectivity index (χ0) is 28.7. The molecule has 4 heterocycles.